The Balaban J connectivity index is 3.64. The van der Waals surface area contributed by atoms with Gasteiger partial charge < -0.3 is 5.11 Å². The largest absolute Gasteiger partial charge is 0.502 e. The Hall–Kier alpha value is -0.940. The number of aromatic hydroxyl groups is 1. The summed E-state index contributed by atoms with van der Waals surface area (Å²) in [6.45, 7) is 0. The lowest BCUT2D eigenvalue weighted by Crippen LogP contribution is -2.03. The number of benzene rings is 1. The molecule has 0 saturated heterocycles. The van der Waals surface area contributed by atoms with Crippen molar-refractivity contribution in [1.82, 2.24) is 0 Å². The van der Waals surface area contributed by atoms with E-state index in [0.717, 1.165) is 12.1 Å². The number of nitro groups is 1. The summed E-state index contributed by atoms with van der Waals surface area (Å²) in [6, 6.07) is 1.73. The van der Waals surface area contributed by atoms with E-state index in [1.54, 1.807) is 0 Å². The quantitative estimate of drug-likeness (QED) is 0.359. The maximum Gasteiger partial charge on any atom is 0.325 e. The number of halogens is 1. The highest BCUT2D eigenvalue weighted by molar-refractivity contribution is 14.1. The Bertz CT molecular complexity index is 525. The van der Waals surface area contributed by atoms with E-state index >= 15 is 0 Å². The van der Waals surface area contributed by atoms with Crippen LogP contribution in [0.1, 0.15) is 0 Å². The van der Waals surface area contributed by atoms with Crippen molar-refractivity contribution in [3.05, 3.63) is 25.8 Å². The third-order valence-corrected chi connectivity index (χ3v) is 3.87. The second kappa shape index (κ2) is 3.90. The van der Waals surface area contributed by atoms with Crippen molar-refractivity contribution in [2.24, 2.45) is 0 Å². The SMILES string of the molecule is O=[N+]([O-])c1c(O)ccc(S(=O)(=O)O)c1I. The average Bonchev–Trinajstić information content (AvgIpc) is 2.00. The zero-order valence-corrected chi connectivity index (χ0v) is 9.89. The van der Waals surface area contributed by atoms with Gasteiger partial charge in [-0.2, -0.15) is 8.42 Å². The Labute approximate surface area is 97.8 Å². The lowest BCUT2D eigenvalue weighted by atomic mass is 10.3. The van der Waals surface area contributed by atoms with Crippen LogP contribution in [-0.4, -0.2) is 23.0 Å². The third kappa shape index (κ3) is 2.35. The van der Waals surface area contributed by atoms with Crippen molar-refractivity contribution in [3.63, 3.8) is 0 Å². The monoisotopic (exact) mass is 345 g/mol. The number of hydrogen-bond donors (Lipinski definition) is 2. The Morgan fingerprint density at radius 3 is 2.33 bits per heavy atom. The van der Waals surface area contributed by atoms with Gasteiger partial charge in [-0.15, -0.1) is 0 Å². The molecule has 0 fully saturated rings. The normalized spacial score (nSPS) is 11.3. The molecule has 0 saturated carbocycles. The lowest BCUT2D eigenvalue weighted by Gasteiger charge is -2.02. The highest BCUT2D eigenvalue weighted by atomic mass is 127. The summed E-state index contributed by atoms with van der Waals surface area (Å²) in [5.74, 6) is -0.656. The first-order valence-electron chi connectivity index (χ1n) is 3.38. The molecule has 82 valence electrons. The smallest absolute Gasteiger partial charge is 0.325 e. The average molecular weight is 345 g/mol. The van der Waals surface area contributed by atoms with Crippen LogP contribution in [0.3, 0.4) is 0 Å². The first kappa shape index (κ1) is 12.1. The molecule has 0 aromatic heterocycles. The number of rotatable bonds is 2. The fourth-order valence-corrected chi connectivity index (χ4v) is 2.96. The molecule has 0 aliphatic rings. The van der Waals surface area contributed by atoms with Crippen molar-refractivity contribution in [2.75, 3.05) is 0 Å². The Morgan fingerprint density at radius 1 is 1.40 bits per heavy atom. The molecule has 0 amide bonds. The Morgan fingerprint density at radius 2 is 1.93 bits per heavy atom. The molecule has 7 nitrogen and oxygen atoms in total. The minimum absolute atomic E-state index is 0.333. The van der Waals surface area contributed by atoms with Gasteiger partial charge >= 0.3 is 5.69 Å². The zero-order valence-electron chi connectivity index (χ0n) is 6.92. The van der Waals surface area contributed by atoms with E-state index in [1.807, 2.05) is 0 Å². The van der Waals surface area contributed by atoms with E-state index < -0.39 is 31.4 Å². The fourth-order valence-electron chi connectivity index (χ4n) is 0.909. The summed E-state index contributed by atoms with van der Waals surface area (Å²) in [7, 11) is -4.53. The van der Waals surface area contributed by atoms with Crippen molar-refractivity contribution in [1.29, 1.82) is 0 Å². The van der Waals surface area contributed by atoms with E-state index in [0.29, 0.717) is 0 Å². The maximum absolute atomic E-state index is 10.8. The molecule has 1 aromatic rings. The Kier molecular flexibility index (Phi) is 3.16. The first-order chi connectivity index (χ1) is 6.75. The van der Waals surface area contributed by atoms with Crippen molar-refractivity contribution >= 4 is 38.4 Å². The van der Waals surface area contributed by atoms with Crippen LogP contribution in [-0.2, 0) is 10.1 Å². The van der Waals surface area contributed by atoms with Crippen LogP contribution in [0.25, 0.3) is 0 Å². The predicted octanol–water partition coefficient (Wildman–Crippen LogP) is 1.15. The van der Waals surface area contributed by atoms with Gasteiger partial charge in [-0.05, 0) is 34.7 Å². The van der Waals surface area contributed by atoms with Gasteiger partial charge in [0, 0.05) is 0 Å². The molecule has 1 rings (SSSR count). The molecule has 0 aliphatic carbocycles. The number of nitro benzene ring substituents is 1. The standard InChI is InChI=1S/C6H4INO6S/c7-5-4(15(12,13)14)2-1-3(9)6(5)8(10)11/h1-2,9H,(H,12,13,14). The fraction of sp³-hybridized carbons (Fsp3) is 0. The van der Waals surface area contributed by atoms with Crippen LogP contribution in [0.4, 0.5) is 5.69 Å². The number of phenols is 1. The zero-order chi connectivity index (χ0) is 11.8. The van der Waals surface area contributed by atoms with Gasteiger partial charge in [-0.1, -0.05) is 0 Å². The van der Waals surface area contributed by atoms with Gasteiger partial charge in [0.2, 0.25) is 0 Å². The number of hydrogen-bond acceptors (Lipinski definition) is 5. The molecular formula is C6H4INO6S. The summed E-state index contributed by atoms with van der Waals surface area (Å²) in [4.78, 5) is 8.96. The predicted molar refractivity (Wildman–Crippen MR) is 57.3 cm³/mol. The summed E-state index contributed by atoms with van der Waals surface area (Å²) < 4.78 is 30.0. The van der Waals surface area contributed by atoms with Crippen molar-refractivity contribution < 1.29 is 23.0 Å². The summed E-state index contributed by atoms with van der Waals surface area (Å²) >= 11 is 1.37. The van der Waals surface area contributed by atoms with Gasteiger partial charge in [0.05, 0.1) is 4.92 Å². The molecule has 0 bridgehead atoms. The topological polar surface area (TPSA) is 118 Å². The van der Waals surface area contributed by atoms with E-state index in [2.05, 4.69) is 0 Å². The summed E-state index contributed by atoms with van der Waals surface area (Å²) in [5.41, 5.74) is -0.745. The molecule has 0 radical (unpaired) electrons. The van der Waals surface area contributed by atoms with Crippen molar-refractivity contribution in [2.45, 2.75) is 4.90 Å². The highest BCUT2D eigenvalue weighted by Crippen LogP contribution is 2.35. The molecule has 15 heavy (non-hydrogen) atoms. The van der Waals surface area contributed by atoms with Crippen LogP contribution in [0, 0.1) is 13.7 Å². The first-order valence-corrected chi connectivity index (χ1v) is 5.90. The molecule has 0 unspecified atom stereocenters. The minimum Gasteiger partial charge on any atom is -0.502 e. The van der Waals surface area contributed by atoms with Gasteiger partial charge in [-0.3, -0.25) is 14.7 Å². The summed E-state index contributed by atoms with van der Waals surface area (Å²) in [6.07, 6.45) is 0. The van der Waals surface area contributed by atoms with Gasteiger partial charge in [0.15, 0.2) is 5.75 Å². The van der Waals surface area contributed by atoms with Crippen LogP contribution in [0.15, 0.2) is 17.0 Å². The minimum atomic E-state index is -4.53. The highest BCUT2D eigenvalue weighted by Gasteiger charge is 2.26. The summed E-state index contributed by atoms with van der Waals surface area (Å²) in [5, 5.41) is 19.6. The molecular weight excluding hydrogens is 341 g/mol. The lowest BCUT2D eigenvalue weighted by molar-refractivity contribution is -0.387. The molecule has 1 aromatic carbocycles. The third-order valence-electron chi connectivity index (χ3n) is 1.52. The van der Waals surface area contributed by atoms with Crippen LogP contribution in [0.2, 0.25) is 0 Å². The van der Waals surface area contributed by atoms with Crippen LogP contribution < -0.4 is 0 Å². The van der Waals surface area contributed by atoms with Crippen molar-refractivity contribution in [3.8, 4) is 5.75 Å². The van der Waals surface area contributed by atoms with Crippen LogP contribution in [0.5, 0.6) is 5.75 Å². The van der Waals surface area contributed by atoms with E-state index in [4.69, 9.17) is 9.66 Å². The second-order valence-corrected chi connectivity index (χ2v) is 4.95. The number of nitrogens with zero attached hydrogens (tertiary/aromatic N) is 1. The number of phenolic OH excluding ortho intramolecular Hbond substituents is 1. The van der Waals surface area contributed by atoms with Gasteiger partial charge in [0.25, 0.3) is 10.1 Å². The second-order valence-electron chi connectivity index (χ2n) is 2.48. The molecule has 0 aliphatic heterocycles. The van der Waals surface area contributed by atoms with Crippen LogP contribution >= 0.6 is 22.6 Å². The molecule has 0 spiro atoms. The molecule has 0 atom stereocenters. The van der Waals surface area contributed by atoms with Gasteiger partial charge in [0.1, 0.15) is 8.47 Å². The maximum atomic E-state index is 10.8. The van der Waals surface area contributed by atoms with E-state index in [-0.39, 0.29) is 3.57 Å². The molecule has 2 N–H and O–H groups in total. The van der Waals surface area contributed by atoms with E-state index in [9.17, 15) is 18.5 Å². The van der Waals surface area contributed by atoms with E-state index in [1.165, 1.54) is 22.6 Å². The molecule has 9 heteroatoms. The molecule has 0 heterocycles. The van der Waals surface area contributed by atoms with Gasteiger partial charge in [-0.25, -0.2) is 0 Å².